The molecule has 7 heteroatoms. The number of benzene rings is 1. The van der Waals surface area contributed by atoms with E-state index < -0.39 is 17.3 Å². The molecule has 2 unspecified atom stereocenters. The van der Waals surface area contributed by atoms with Crippen LogP contribution in [0.2, 0.25) is 0 Å². The third-order valence-corrected chi connectivity index (χ3v) is 4.55. The van der Waals surface area contributed by atoms with Crippen molar-refractivity contribution in [3.05, 3.63) is 23.8 Å². The topological polar surface area (TPSA) is 47.6 Å². The summed E-state index contributed by atoms with van der Waals surface area (Å²) in [5.74, 6) is -0.344. The normalized spacial score (nSPS) is 24.0. The van der Waals surface area contributed by atoms with Crippen LogP contribution in [0.4, 0.5) is 18.9 Å². The van der Waals surface area contributed by atoms with Crippen LogP contribution in [0.5, 0.6) is 5.75 Å². The van der Waals surface area contributed by atoms with E-state index in [1.54, 1.807) is 0 Å². The molecule has 1 aliphatic rings. The van der Waals surface area contributed by atoms with Crippen molar-refractivity contribution in [2.45, 2.75) is 51.3 Å². The molecule has 1 saturated carbocycles. The lowest BCUT2D eigenvalue weighted by Gasteiger charge is -2.38. The molecule has 1 aromatic carbocycles. The number of alkyl halides is 3. The predicted octanol–water partition coefficient (Wildman–Crippen LogP) is 4.64. The highest BCUT2D eigenvalue weighted by Gasteiger charge is 2.43. The minimum Gasteiger partial charge on any atom is -0.496 e. The van der Waals surface area contributed by atoms with Gasteiger partial charge in [0.05, 0.1) is 12.7 Å². The first-order chi connectivity index (χ1) is 11.7. The first-order valence-electron chi connectivity index (χ1n) is 8.42. The maximum Gasteiger partial charge on any atom is 0.420 e. The van der Waals surface area contributed by atoms with Gasteiger partial charge in [0.1, 0.15) is 11.4 Å². The quantitative estimate of drug-likeness (QED) is 0.833. The highest BCUT2D eigenvalue weighted by molar-refractivity contribution is 5.97. The molecule has 2 atom stereocenters. The maximum absolute atomic E-state index is 13.1. The second kappa shape index (κ2) is 7.64. The summed E-state index contributed by atoms with van der Waals surface area (Å²) in [5, 5.41) is 2.60. The van der Waals surface area contributed by atoms with Crippen molar-refractivity contribution in [1.82, 2.24) is 0 Å². The highest BCUT2D eigenvalue weighted by atomic mass is 19.4. The molecule has 0 aromatic heterocycles. The van der Waals surface area contributed by atoms with Gasteiger partial charge in [-0.1, -0.05) is 13.3 Å². The predicted molar refractivity (Wildman–Crippen MR) is 88.6 cm³/mol. The van der Waals surface area contributed by atoms with Crippen LogP contribution in [0.3, 0.4) is 0 Å². The van der Waals surface area contributed by atoms with Crippen molar-refractivity contribution in [2.75, 3.05) is 19.0 Å². The van der Waals surface area contributed by atoms with Gasteiger partial charge in [-0.05, 0) is 50.3 Å². The second-order valence-corrected chi connectivity index (χ2v) is 6.50. The van der Waals surface area contributed by atoms with Crippen molar-refractivity contribution in [2.24, 2.45) is 5.92 Å². The van der Waals surface area contributed by atoms with Gasteiger partial charge in [0.25, 0.3) is 5.91 Å². The first kappa shape index (κ1) is 19.6. The average Bonchev–Trinajstić information content (AvgIpc) is 2.54. The summed E-state index contributed by atoms with van der Waals surface area (Å²) in [6, 6.07) is 3.50. The SMILES string of the molecule is CCOC1(C(=O)Nc2ccc(OC)c(C(F)(F)F)c2)CCCC(C)C1. The third kappa shape index (κ3) is 4.45. The number of hydrogen-bond acceptors (Lipinski definition) is 3. The van der Waals surface area contributed by atoms with Crippen molar-refractivity contribution in [3.8, 4) is 5.75 Å². The number of methoxy groups -OCH3 is 1. The van der Waals surface area contributed by atoms with Crippen LogP contribution < -0.4 is 10.1 Å². The molecule has 1 aliphatic carbocycles. The number of carbonyl (C=O) groups excluding carboxylic acids is 1. The number of anilines is 1. The van der Waals surface area contributed by atoms with Gasteiger partial charge in [-0.2, -0.15) is 13.2 Å². The summed E-state index contributed by atoms with van der Waals surface area (Å²) in [7, 11) is 1.18. The molecule has 0 aliphatic heterocycles. The van der Waals surface area contributed by atoms with E-state index in [4.69, 9.17) is 9.47 Å². The number of rotatable bonds is 5. The second-order valence-electron chi connectivity index (χ2n) is 6.50. The van der Waals surface area contributed by atoms with E-state index in [0.717, 1.165) is 18.9 Å². The summed E-state index contributed by atoms with van der Waals surface area (Å²) in [6.45, 7) is 4.23. The monoisotopic (exact) mass is 359 g/mol. The summed E-state index contributed by atoms with van der Waals surface area (Å²) >= 11 is 0. The Hall–Kier alpha value is -1.76. The van der Waals surface area contributed by atoms with Crippen molar-refractivity contribution in [1.29, 1.82) is 0 Å². The van der Waals surface area contributed by atoms with Crippen LogP contribution in [0.1, 0.15) is 45.1 Å². The van der Waals surface area contributed by atoms with Gasteiger partial charge in [0, 0.05) is 12.3 Å². The molecule has 0 heterocycles. The van der Waals surface area contributed by atoms with Crippen LogP contribution in [-0.4, -0.2) is 25.2 Å². The molecular formula is C18H24F3NO3. The van der Waals surface area contributed by atoms with E-state index in [-0.39, 0.29) is 17.3 Å². The Balaban J connectivity index is 2.26. The molecule has 2 rings (SSSR count). The Morgan fingerprint density at radius 3 is 2.68 bits per heavy atom. The lowest BCUT2D eigenvalue weighted by Crippen LogP contribution is -2.48. The van der Waals surface area contributed by atoms with Gasteiger partial charge in [-0.15, -0.1) is 0 Å². The van der Waals surface area contributed by atoms with E-state index in [1.165, 1.54) is 19.2 Å². The molecule has 0 spiro atoms. The smallest absolute Gasteiger partial charge is 0.420 e. The molecule has 0 radical (unpaired) electrons. The van der Waals surface area contributed by atoms with Crippen molar-refractivity contribution in [3.63, 3.8) is 0 Å². The molecule has 140 valence electrons. The standard InChI is InChI=1S/C18H24F3NO3/c1-4-25-17(9-5-6-12(2)11-17)16(23)22-13-7-8-15(24-3)14(10-13)18(19,20)21/h7-8,10,12H,4-6,9,11H2,1-3H3,(H,22,23). The fourth-order valence-electron chi connectivity index (χ4n) is 3.43. The maximum atomic E-state index is 13.1. The number of ether oxygens (including phenoxy) is 2. The Morgan fingerprint density at radius 2 is 2.12 bits per heavy atom. The molecular weight excluding hydrogens is 335 g/mol. The zero-order valence-corrected chi connectivity index (χ0v) is 14.7. The lowest BCUT2D eigenvalue weighted by atomic mass is 9.78. The Labute approximate surface area is 145 Å². The van der Waals surface area contributed by atoms with Gasteiger partial charge in [0.2, 0.25) is 0 Å². The molecule has 0 bridgehead atoms. The first-order valence-corrected chi connectivity index (χ1v) is 8.42. The summed E-state index contributed by atoms with van der Waals surface area (Å²) in [5.41, 5.74) is -1.82. The molecule has 1 amide bonds. The largest absolute Gasteiger partial charge is 0.496 e. The van der Waals surface area contributed by atoms with Gasteiger partial charge < -0.3 is 14.8 Å². The van der Waals surface area contributed by atoms with Crippen LogP contribution >= 0.6 is 0 Å². The third-order valence-electron chi connectivity index (χ3n) is 4.55. The van der Waals surface area contributed by atoms with Gasteiger partial charge in [-0.3, -0.25) is 4.79 Å². The van der Waals surface area contributed by atoms with Gasteiger partial charge in [-0.25, -0.2) is 0 Å². The number of amides is 1. The fourth-order valence-corrected chi connectivity index (χ4v) is 3.43. The molecule has 25 heavy (non-hydrogen) atoms. The van der Waals surface area contributed by atoms with Gasteiger partial charge >= 0.3 is 6.18 Å². The van der Waals surface area contributed by atoms with Crippen LogP contribution in [0, 0.1) is 5.92 Å². The molecule has 0 saturated heterocycles. The molecule has 1 fully saturated rings. The van der Waals surface area contributed by atoms with Crippen molar-refractivity contribution >= 4 is 11.6 Å². The van der Waals surface area contributed by atoms with E-state index in [1.807, 2.05) is 6.92 Å². The fraction of sp³-hybridized carbons (Fsp3) is 0.611. The van der Waals surface area contributed by atoms with E-state index in [9.17, 15) is 18.0 Å². The summed E-state index contributed by atoms with van der Waals surface area (Å²) < 4.78 is 49.9. The zero-order chi connectivity index (χ0) is 18.7. The van der Waals surface area contributed by atoms with Crippen LogP contribution in [-0.2, 0) is 15.7 Å². The Morgan fingerprint density at radius 1 is 1.40 bits per heavy atom. The number of halogens is 3. The van der Waals surface area contributed by atoms with Crippen molar-refractivity contribution < 1.29 is 27.4 Å². The number of hydrogen-bond donors (Lipinski definition) is 1. The van der Waals surface area contributed by atoms with Crippen LogP contribution in [0.15, 0.2) is 18.2 Å². The number of nitrogens with one attached hydrogen (secondary N) is 1. The zero-order valence-electron chi connectivity index (χ0n) is 14.7. The molecule has 1 aromatic rings. The van der Waals surface area contributed by atoms with E-state index in [2.05, 4.69) is 12.2 Å². The average molecular weight is 359 g/mol. The molecule has 4 nitrogen and oxygen atoms in total. The lowest BCUT2D eigenvalue weighted by molar-refractivity contribution is -0.148. The van der Waals surface area contributed by atoms with Gasteiger partial charge in [0.15, 0.2) is 0 Å². The van der Waals surface area contributed by atoms with Crippen LogP contribution in [0.25, 0.3) is 0 Å². The minimum absolute atomic E-state index is 0.0791. The summed E-state index contributed by atoms with van der Waals surface area (Å²) in [6.07, 6.45) is -1.56. The van der Waals surface area contributed by atoms with E-state index >= 15 is 0 Å². The minimum atomic E-state index is -4.57. The Kier molecular flexibility index (Phi) is 5.98. The van der Waals surface area contributed by atoms with E-state index in [0.29, 0.717) is 25.4 Å². The Bertz CT molecular complexity index is 614. The highest BCUT2D eigenvalue weighted by Crippen LogP contribution is 2.39. The summed E-state index contributed by atoms with van der Waals surface area (Å²) in [4.78, 5) is 12.8. The number of carbonyl (C=O) groups is 1. The molecule has 1 N–H and O–H groups in total.